The van der Waals surface area contributed by atoms with Crippen LogP contribution in [-0.2, 0) is 21.3 Å². The Morgan fingerprint density at radius 1 is 1.50 bits per heavy atom. The lowest BCUT2D eigenvalue weighted by atomic mass is 10.6. The minimum atomic E-state index is -3.53. The molecule has 0 amide bonds. The molecule has 0 aliphatic heterocycles. The van der Waals surface area contributed by atoms with Crippen LogP contribution < -0.4 is 0 Å². The lowest BCUT2D eigenvalue weighted by Gasteiger charge is -2.19. The third kappa shape index (κ3) is 3.78. The van der Waals surface area contributed by atoms with Crippen LogP contribution in [0.5, 0.6) is 0 Å². The predicted octanol–water partition coefficient (Wildman–Crippen LogP) is 0.935. The summed E-state index contributed by atoms with van der Waals surface area (Å²) in [7, 11) is -1.99. The molecule has 104 valence electrons. The Labute approximate surface area is 116 Å². The maximum atomic E-state index is 12.3. The summed E-state index contributed by atoms with van der Waals surface area (Å²) in [6.45, 7) is 3.70. The van der Waals surface area contributed by atoms with Crippen molar-refractivity contribution in [2.24, 2.45) is 0 Å². The second kappa shape index (κ2) is 7.22. The fourth-order valence-electron chi connectivity index (χ4n) is 1.42. The van der Waals surface area contributed by atoms with Crippen molar-refractivity contribution in [3.8, 4) is 0 Å². The molecule has 8 heteroatoms. The number of sulfonamides is 1. The van der Waals surface area contributed by atoms with E-state index >= 15 is 0 Å². The zero-order valence-electron chi connectivity index (χ0n) is 10.5. The predicted molar refractivity (Wildman–Crippen MR) is 72.3 cm³/mol. The van der Waals surface area contributed by atoms with Crippen molar-refractivity contribution in [1.29, 1.82) is 0 Å². The largest absolute Gasteiger partial charge is 0.383 e. The van der Waals surface area contributed by atoms with Crippen molar-refractivity contribution in [2.75, 3.05) is 32.1 Å². The first-order valence-corrected chi connectivity index (χ1v) is 8.19. The van der Waals surface area contributed by atoms with Crippen LogP contribution in [0.2, 0.25) is 0 Å². The average molecular weight is 340 g/mol. The Hall–Kier alpha value is -0.440. The third-order valence-electron chi connectivity index (χ3n) is 2.46. The molecule has 6 nitrogen and oxygen atoms in total. The third-order valence-corrected chi connectivity index (χ3v) is 4.60. The number of hydrogen-bond acceptors (Lipinski definition) is 4. The van der Waals surface area contributed by atoms with Gasteiger partial charge in [-0.15, -0.1) is 0 Å². The first-order valence-electron chi connectivity index (χ1n) is 5.63. The monoisotopic (exact) mass is 339 g/mol. The minimum Gasteiger partial charge on any atom is -0.383 e. The number of aryl methyl sites for hydroxylation is 1. The summed E-state index contributed by atoms with van der Waals surface area (Å²) in [5.74, 6) is 0. The normalized spacial score (nSPS) is 12.2. The number of ether oxygens (including phenoxy) is 1. The van der Waals surface area contributed by atoms with Gasteiger partial charge < -0.3 is 9.30 Å². The highest BCUT2D eigenvalue weighted by Crippen LogP contribution is 2.13. The SMILES string of the molecule is CCn1cnc(S(=O)(=O)N(CCBr)CCOC)c1. The van der Waals surface area contributed by atoms with Crippen LogP contribution in [0.25, 0.3) is 0 Å². The summed E-state index contributed by atoms with van der Waals surface area (Å²) in [4.78, 5) is 3.95. The topological polar surface area (TPSA) is 64.4 Å². The van der Waals surface area contributed by atoms with Crippen molar-refractivity contribution >= 4 is 26.0 Å². The van der Waals surface area contributed by atoms with Gasteiger partial charge in [-0.1, -0.05) is 15.9 Å². The molecule has 18 heavy (non-hydrogen) atoms. The number of methoxy groups -OCH3 is 1. The molecule has 0 spiro atoms. The molecule has 1 aromatic rings. The van der Waals surface area contributed by atoms with Crippen molar-refractivity contribution in [3.05, 3.63) is 12.5 Å². The highest BCUT2D eigenvalue weighted by molar-refractivity contribution is 9.09. The molecular formula is C10H18BrN3O3S. The van der Waals surface area contributed by atoms with E-state index in [0.717, 1.165) is 0 Å². The van der Waals surface area contributed by atoms with Gasteiger partial charge in [0.25, 0.3) is 10.0 Å². The Morgan fingerprint density at radius 2 is 2.22 bits per heavy atom. The molecule has 0 bridgehead atoms. The molecule has 0 radical (unpaired) electrons. The Morgan fingerprint density at radius 3 is 2.72 bits per heavy atom. The summed E-state index contributed by atoms with van der Waals surface area (Å²) >= 11 is 3.25. The summed E-state index contributed by atoms with van der Waals surface area (Å²) in [6.07, 6.45) is 3.07. The molecule has 1 heterocycles. The van der Waals surface area contributed by atoms with Crippen molar-refractivity contribution in [1.82, 2.24) is 13.9 Å². The molecule has 0 atom stereocenters. The van der Waals surface area contributed by atoms with E-state index in [9.17, 15) is 8.42 Å². The summed E-state index contributed by atoms with van der Waals surface area (Å²) in [6, 6.07) is 0. The summed E-state index contributed by atoms with van der Waals surface area (Å²) in [5, 5.41) is 0.658. The Balaban J connectivity index is 2.92. The zero-order valence-corrected chi connectivity index (χ0v) is 12.9. The van der Waals surface area contributed by atoms with Gasteiger partial charge in [-0.2, -0.15) is 4.31 Å². The Kier molecular flexibility index (Phi) is 6.27. The van der Waals surface area contributed by atoms with Crippen molar-refractivity contribution in [2.45, 2.75) is 18.5 Å². The number of hydrogen-bond donors (Lipinski definition) is 0. The van der Waals surface area contributed by atoms with E-state index in [0.29, 0.717) is 31.6 Å². The van der Waals surface area contributed by atoms with Crippen LogP contribution >= 0.6 is 15.9 Å². The first-order chi connectivity index (χ1) is 8.56. The van der Waals surface area contributed by atoms with Gasteiger partial charge in [0.1, 0.15) is 0 Å². The standard InChI is InChI=1S/C10H18BrN3O3S/c1-3-13-8-10(12-9-13)18(15,16)14(5-4-11)6-7-17-2/h8-9H,3-7H2,1-2H3. The number of alkyl halides is 1. The highest BCUT2D eigenvalue weighted by atomic mass is 79.9. The second-order valence-corrected chi connectivity index (χ2v) is 6.31. The fraction of sp³-hybridized carbons (Fsp3) is 0.700. The molecule has 0 aliphatic carbocycles. The zero-order chi connectivity index (χ0) is 13.6. The highest BCUT2D eigenvalue weighted by Gasteiger charge is 2.25. The van der Waals surface area contributed by atoms with Gasteiger partial charge >= 0.3 is 0 Å². The first kappa shape index (κ1) is 15.6. The number of nitrogens with zero attached hydrogens (tertiary/aromatic N) is 3. The Bertz CT molecular complexity index is 461. The van der Waals surface area contributed by atoms with Crippen LogP contribution in [0.15, 0.2) is 17.6 Å². The van der Waals surface area contributed by atoms with E-state index in [1.165, 1.54) is 10.6 Å². The van der Waals surface area contributed by atoms with Gasteiger partial charge in [0, 0.05) is 38.3 Å². The summed E-state index contributed by atoms with van der Waals surface area (Å²) in [5.41, 5.74) is 0. The van der Waals surface area contributed by atoms with E-state index in [1.54, 1.807) is 17.9 Å². The minimum absolute atomic E-state index is 0.0846. The molecule has 0 aromatic carbocycles. The molecule has 0 unspecified atom stereocenters. The van der Waals surface area contributed by atoms with E-state index in [1.807, 2.05) is 6.92 Å². The molecule has 0 fully saturated rings. The quantitative estimate of drug-likeness (QED) is 0.661. The molecule has 1 rings (SSSR count). The fourth-order valence-corrected chi connectivity index (χ4v) is 3.44. The van der Waals surface area contributed by atoms with Gasteiger partial charge in [0.15, 0.2) is 5.03 Å². The van der Waals surface area contributed by atoms with E-state index in [4.69, 9.17) is 4.74 Å². The molecule has 0 aliphatic rings. The number of imidazole rings is 1. The van der Waals surface area contributed by atoms with Crippen LogP contribution in [0.4, 0.5) is 0 Å². The second-order valence-electron chi connectivity index (χ2n) is 3.63. The molecular weight excluding hydrogens is 322 g/mol. The van der Waals surface area contributed by atoms with E-state index in [2.05, 4.69) is 20.9 Å². The maximum Gasteiger partial charge on any atom is 0.262 e. The van der Waals surface area contributed by atoms with Crippen LogP contribution in [-0.4, -0.2) is 54.4 Å². The average Bonchev–Trinajstić information content (AvgIpc) is 2.83. The molecule has 0 saturated carbocycles. The maximum absolute atomic E-state index is 12.3. The molecule has 1 aromatic heterocycles. The number of aromatic nitrogens is 2. The number of halogens is 1. The summed E-state index contributed by atoms with van der Waals surface area (Å²) < 4.78 is 32.7. The van der Waals surface area contributed by atoms with E-state index < -0.39 is 10.0 Å². The molecule has 0 saturated heterocycles. The lowest BCUT2D eigenvalue weighted by Crippen LogP contribution is -2.35. The lowest BCUT2D eigenvalue weighted by molar-refractivity contribution is 0.180. The van der Waals surface area contributed by atoms with Crippen molar-refractivity contribution < 1.29 is 13.2 Å². The van der Waals surface area contributed by atoms with Gasteiger partial charge in [-0.3, -0.25) is 0 Å². The number of rotatable bonds is 8. The van der Waals surface area contributed by atoms with E-state index in [-0.39, 0.29) is 5.03 Å². The van der Waals surface area contributed by atoms with Gasteiger partial charge in [0.05, 0.1) is 12.9 Å². The van der Waals surface area contributed by atoms with Gasteiger partial charge in [-0.05, 0) is 6.92 Å². The van der Waals surface area contributed by atoms with Gasteiger partial charge in [-0.25, -0.2) is 13.4 Å². The van der Waals surface area contributed by atoms with Gasteiger partial charge in [0.2, 0.25) is 0 Å². The smallest absolute Gasteiger partial charge is 0.262 e. The van der Waals surface area contributed by atoms with Crippen molar-refractivity contribution in [3.63, 3.8) is 0 Å². The van der Waals surface area contributed by atoms with Crippen LogP contribution in [0.3, 0.4) is 0 Å². The molecule has 0 N–H and O–H groups in total. The van der Waals surface area contributed by atoms with Crippen LogP contribution in [0, 0.1) is 0 Å². The van der Waals surface area contributed by atoms with Crippen LogP contribution in [0.1, 0.15) is 6.92 Å².